The van der Waals surface area contributed by atoms with Gasteiger partial charge in [0.1, 0.15) is 0 Å². The highest BCUT2D eigenvalue weighted by molar-refractivity contribution is 5.88. The van der Waals surface area contributed by atoms with Crippen LogP contribution >= 0.6 is 0 Å². The van der Waals surface area contributed by atoms with Gasteiger partial charge in [0.25, 0.3) is 0 Å². The topological polar surface area (TPSA) is 100 Å². The third kappa shape index (κ3) is 4.59. The Morgan fingerprint density at radius 1 is 1.23 bits per heavy atom. The highest BCUT2D eigenvalue weighted by Gasteiger charge is 2.49. The number of carbonyl (C=O) groups excluding carboxylic acids is 1. The van der Waals surface area contributed by atoms with Gasteiger partial charge in [0.2, 0.25) is 5.91 Å². The number of likely N-dealkylation sites (tertiary alicyclic amines) is 1. The summed E-state index contributed by atoms with van der Waals surface area (Å²) in [6.45, 7) is 1.01. The van der Waals surface area contributed by atoms with E-state index >= 15 is 0 Å². The Morgan fingerprint density at radius 3 is 2.70 bits per heavy atom. The van der Waals surface area contributed by atoms with Gasteiger partial charge in [-0.15, -0.1) is 0 Å². The van der Waals surface area contributed by atoms with E-state index in [-0.39, 0.29) is 24.2 Å². The molecule has 0 bridgehead atoms. The van der Waals surface area contributed by atoms with Crippen LogP contribution in [0, 0.1) is 0 Å². The molecule has 2 aliphatic rings. The van der Waals surface area contributed by atoms with Crippen molar-refractivity contribution in [1.82, 2.24) is 10.3 Å². The molecule has 1 aromatic rings. The molecule has 2 atom stereocenters. The van der Waals surface area contributed by atoms with Gasteiger partial charge in [-0.3, -0.25) is 9.59 Å². The van der Waals surface area contributed by atoms with E-state index in [9.17, 15) is 9.59 Å². The lowest BCUT2D eigenvalue weighted by Gasteiger charge is -2.42. The molecule has 1 saturated heterocycles. The van der Waals surface area contributed by atoms with Crippen molar-refractivity contribution >= 4 is 17.6 Å². The third-order valence-electron chi connectivity index (χ3n) is 6.46. The molecule has 0 aromatic heterocycles. The van der Waals surface area contributed by atoms with E-state index in [1.54, 1.807) is 14.2 Å². The maximum Gasteiger partial charge on any atom is 0.303 e. The van der Waals surface area contributed by atoms with Crippen molar-refractivity contribution in [3.63, 3.8) is 0 Å². The molecule has 164 valence electrons. The lowest BCUT2D eigenvalue weighted by Crippen LogP contribution is -2.46. The number of amides is 1. The Labute approximate surface area is 177 Å². The smallest absolute Gasteiger partial charge is 0.303 e. The number of carbonyl (C=O) groups is 2. The lowest BCUT2D eigenvalue weighted by molar-refractivity contribution is -0.137. The third-order valence-corrected chi connectivity index (χ3v) is 6.46. The van der Waals surface area contributed by atoms with Gasteiger partial charge in [0, 0.05) is 36.4 Å². The quantitative estimate of drug-likeness (QED) is 0.631. The van der Waals surface area contributed by atoms with E-state index < -0.39 is 5.97 Å². The first-order chi connectivity index (χ1) is 14.4. The predicted octanol–water partition coefficient (Wildman–Crippen LogP) is 2.56. The molecule has 1 aliphatic heterocycles. The van der Waals surface area contributed by atoms with Crippen LogP contribution in [0.4, 0.5) is 0 Å². The summed E-state index contributed by atoms with van der Waals surface area (Å²) in [6, 6.07) is 6.50. The Hall–Kier alpha value is -2.61. The molecule has 2 fully saturated rings. The van der Waals surface area contributed by atoms with Gasteiger partial charge < -0.3 is 19.5 Å². The molecule has 8 heteroatoms. The van der Waals surface area contributed by atoms with E-state index in [1.165, 1.54) is 5.56 Å². The number of aliphatic carboxylic acids is 1. The van der Waals surface area contributed by atoms with Crippen LogP contribution < -0.4 is 14.9 Å². The molecular formula is C22H31N3O5. The van der Waals surface area contributed by atoms with Crippen LogP contribution in [0.15, 0.2) is 23.3 Å². The van der Waals surface area contributed by atoms with E-state index in [1.807, 2.05) is 6.07 Å². The first-order valence-corrected chi connectivity index (χ1v) is 10.4. The number of carboxylic acids is 1. The second-order valence-corrected chi connectivity index (χ2v) is 8.14. The fourth-order valence-corrected chi connectivity index (χ4v) is 4.78. The Kier molecular flexibility index (Phi) is 6.97. The van der Waals surface area contributed by atoms with E-state index in [4.69, 9.17) is 14.6 Å². The highest BCUT2D eigenvalue weighted by atomic mass is 16.5. The van der Waals surface area contributed by atoms with Crippen LogP contribution in [0.1, 0.15) is 50.5 Å². The minimum absolute atomic E-state index is 0.00922. The zero-order valence-corrected chi connectivity index (χ0v) is 17.9. The number of ether oxygens (including phenoxy) is 2. The van der Waals surface area contributed by atoms with Crippen LogP contribution in [-0.2, 0) is 15.0 Å². The average molecular weight is 418 g/mol. The zero-order chi connectivity index (χ0) is 21.7. The second-order valence-electron chi connectivity index (χ2n) is 8.14. The summed E-state index contributed by atoms with van der Waals surface area (Å²) < 4.78 is 10.9. The van der Waals surface area contributed by atoms with Crippen LogP contribution in [0.5, 0.6) is 11.5 Å². The number of hydrazone groups is 1. The van der Waals surface area contributed by atoms with Crippen LogP contribution in [-0.4, -0.2) is 61.4 Å². The summed E-state index contributed by atoms with van der Waals surface area (Å²) in [5.74, 6) is 0.340. The first-order valence-electron chi connectivity index (χ1n) is 10.4. The summed E-state index contributed by atoms with van der Waals surface area (Å²) in [5.41, 5.74) is 4.87. The molecule has 1 aromatic carbocycles. The predicted molar refractivity (Wildman–Crippen MR) is 113 cm³/mol. The number of nitrogens with zero attached hydrogens (tertiary/aromatic N) is 2. The first kappa shape index (κ1) is 22.1. The Morgan fingerprint density at radius 2 is 2.00 bits per heavy atom. The number of nitrogens with one attached hydrogen (secondary N) is 1. The molecule has 1 saturated carbocycles. The number of likely N-dealkylation sites (N-methyl/N-ethyl adjacent to an activating group) is 1. The summed E-state index contributed by atoms with van der Waals surface area (Å²) in [5, 5.41) is 13.0. The van der Waals surface area contributed by atoms with Crippen molar-refractivity contribution in [2.75, 3.05) is 27.8 Å². The van der Waals surface area contributed by atoms with E-state index in [2.05, 4.69) is 34.6 Å². The highest BCUT2D eigenvalue weighted by Crippen LogP contribution is 2.49. The van der Waals surface area contributed by atoms with Gasteiger partial charge in [-0.25, -0.2) is 5.43 Å². The fourth-order valence-electron chi connectivity index (χ4n) is 4.78. The molecule has 1 amide bonds. The minimum Gasteiger partial charge on any atom is -0.493 e. The van der Waals surface area contributed by atoms with Gasteiger partial charge in [-0.1, -0.05) is 6.07 Å². The van der Waals surface area contributed by atoms with Crippen molar-refractivity contribution in [3.8, 4) is 11.5 Å². The average Bonchev–Trinajstić information content (AvgIpc) is 3.08. The van der Waals surface area contributed by atoms with E-state index in [0.717, 1.165) is 49.4 Å². The SMILES string of the molecule is COc1ccc(C23CCC(=NNC(=O)CCCC(=O)O)CC2N(C)CC3)cc1OC. The molecular weight excluding hydrogens is 386 g/mol. The molecule has 0 spiro atoms. The molecule has 2 unspecified atom stereocenters. The maximum absolute atomic E-state index is 11.9. The summed E-state index contributed by atoms with van der Waals surface area (Å²) in [7, 11) is 5.43. The van der Waals surface area contributed by atoms with Crippen molar-refractivity contribution in [2.45, 2.75) is 56.4 Å². The van der Waals surface area contributed by atoms with Crippen molar-refractivity contribution in [3.05, 3.63) is 23.8 Å². The van der Waals surface area contributed by atoms with Gasteiger partial charge in [-0.2, -0.15) is 5.10 Å². The molecule has 2 N–H and O–H groups in total. The van der Waals surface area contributed by atoms with Crippen molar-refractivity contribution in [2.24, 2.45) is 5.10 Å². The van der Waals surface area contributed by atoms with Gasteiger partial charge in [0.15, 0.2) is 11.5 Å². The zero-order valence-electron chi connectivity index (χ0n) is 17.9. The Balaban J connectivity index is 1.71. The molecule has 0 radical (unpaired) electrons. The van der Waals surface area contributed by atoms with Crippen LogP contribution in [0.2, 0.25) is 0 Å². The summed E-state index contributed by atoms with van der Waals surface area (Å²) >= 11 is 0. The normalized spacial score (nSPS) is 25.0. The summed E-state index contributed by atoms with van der Waals surface area (Å²) in [6.07, 6.45) is 4.10. The number of rotatable bonds is 8. The van der Waals surface area contributed by atoms with Crippen molar-refractivity contribution < 1.29 is 24.2 Å². The molecule has 8 nitrogen and oxygen atoms in total. The number of carboxylic acid groups (broad SMARTS) is 1. The number of fused-ring (bicyclic) bond motifs is 1. The Bertz CT molecular complexity index is 825. The number of hydrogen-bond acceptors (Lipinski definition) is 6. The number of hydrogen-bond donors (Lipinski definition) is 2. The van der Waals surface area contributed by atoms with Gasteiger partial charge in [-0.05, 0) is 57.0 Å². The van der Waals surface area contributed by atoms with Gasteiger partial charge >= 0.3 is 5.97 Å². The van der Waals surface area contributed by atoms with Crippen molar-refractivity contribution in [1.29, 1.82) is 0 Å². The van der Waals surface area contributed by atoms with Crippen LogP contribution in [0.3, 0.4) is 0 Å². The van der Waals surface area contributed by atoms with E-state index in [0.29, 0.717) is 12.5 Å². The lowest BCUT2D eigenvalue weighted by atomic mass is 9.65. The molecule has 1 aliphatic carbocycles. The molecule has 1 heterocycles. The minimum atomic E-state index is -0.892. The summed E-state index contributed by atoms with van der Waals surface area (Å²) in [4.78, 5) is 24.9. The monoisotopic (exact) mass is 417 g/mol. The second kappa shape index (κ2) is 9.47. The van der Waals surface area contributed by atoms with Gasteiger partial charge in [0.05, 0.1) is 14.2 Å². The fraction of sp³-hybridized carbons (Fsp3) is 0.591. The molecule has 3 rings (SSSR count). The number of benzene rings is 1. The van der Waals surface area contributed by atoms with Crippen LogP contribution in [0.25, 0.3) is 0 Å². The maximum atomic E-state index is 11.9. The largest absolute Gasteiger partial charge is 0.493 e. The number of methoxy groups -OCH3 is 2. The standard InChI is InChI=1S/C22H31N3O5/c1-25-12-11-22(15-7-8-17(29-2)18(13-15)30-3)10-9-16(14-19(22)25)23-24-20(26)5-4-6-21(27)28/h7-8,13,19H,4-6,9-12,14H2,1-3H3,(H,24,26)(H,27,28). The molecule has 30 heavy (non-hydrogen) atoms.